The van der Waals surface area contributed by atoms with Crippen molar-refractivity contribution in [3.8, 4) is 5.75 Å². The molecule has 1 N–H and O–H groups in total. The van der Waals surface area contributed by atoms with Gasteiger partial charge in [0.1, 0.15) is 5.75 Å². The maximum atomic E-state index is 5.31. The Morgan fingerprint density at radius 3 is 2.89 bits per heavy atom. The number of nitrogens with zero attached hydrogens (tertiary/aromatic N) is 1. The predicted molar refractivity (Wildman–Crippen MR) is 78.8 cm³/mol. The van der Waals surface area contributed by atoms with Crippen molar-refractivity contribution in [3.05, 3.63) is 30.0 Å². The standard InChI is InChI=1S/C16H22N2O/c1-19-14-6-7-16-15(11-14)13(12-17-16)5-4-10-18-8-2-3-9-18/h6-7,11-12,17H,2-5,8-10H2,1H3. The van der Waals surface area contributed by atoms with E-state index in [1.807, 2.05) is 6.07 Å². The molecular weight excluding hydrogens is 236 g/mol. The van der Waals surface area contributed by atoms with Gasteiger partial charge < -0.3 is 14.6 Å². The average molecular weight is 258 g/mol. The maximum absolute atomic E-state index is 5.31. The minimum absolute atomic E-state index is 0.938. The van der Waals surface area contributed by atoms with Crippen LogP contribution in [-0.4, -0.2) is 36.6 Å². The molecule has 0 unspecified atom stereocenters. The predicted octanol–water partition coefficient (Wildman–Crippen LogP) is 3.20. The van der Waals surface area contributed by atoms with Gasteiger partial charge in [0, 0.05) is 17.1 Å². The number of H-pyrrole nitrogens is 1. The molecule has 1 aliphatic heterocycles. The SMILES string of the molecule is COc1ccc2[nH]cc(CCCN3CCCC3)c2c1. The molecule has 0 radical (unpaired) electrons. The average Bonchev–Trinajstić information content (AvgIpc) is 3.08. The smallest absolute Gasteiger partial charge is 0.119 e. The molecule has 1 fully saturated rings. The normalized spacial score (nSPS) is 16.3. The topological polar surface area (TPSA) is 28.3 Å². The summed E-state index contributed by atoms with van der Waals surface area (Å²) in [5.74, 6) is 0.938. The second kappa shape index (κ2) is 5.66. The summed E-state index contributed by atoms with van der Waals surface area (Å²) in [4.78, 5) is 5.93. The van der Waals surface area contributed by atoms with E-state index in [-0.39, 0.29) is 0 Å². The van der Waals surface area contributed by atoms with Crippen LogP contribution in [0, 0.1) is 0 Å². The first kappa shape index (κ1) is 12.5. The molecule has 0 amide bonds. The van der Waals surface area contributed by atoms with Gasteiger partial charge in [-0.3, -0.25) is 0 Å². The molecule has 1 aromatic heterocycles. The lowest BCUT2D eigenvalue weighted by atomic mass is 10.1. The summed E-state index contributed by atoms with van der Waals surface area (Å²) >= 11 is 0. The van der Waals surface area contributed by atoms with E-state index in [1.54, 1.807) is 7.11 Å². The van der Waals surface area contributed by atoms with Crippen LogP contribution in [0.1, 0.15) is 24.8 Å². The van der Waals surface area contributed by atoms with Crippen molar-refractivity contribution in [2.24, 2.45) is 0 Å². The van der Waals surface area contributed by atoms with E-state index in [2.05, 4.69) is 28.2 Å². The molecule has 0 spiro atoms. The number of aromatic amines is 1. The molecule has 3 rings (SSSR count). The Labute approximate surface area is 114 Å². The van der Waals surface area contributed by atoms with Gasteiger partial charge in [0.15, 0.2) is 0 Å². The second-order valence-corrected chi connectivity index (χ2v) is 5.38. The van der Waals surface area contributed by atoms with Crippen molar-refractivity contribution in [1.82, 2.24) is 9.88 Å². The van der Waals surface area contributed by atoms with E-state index < -0.39 is 0 Å². The third-order valence-electron chi connectivity index (χ3n) is 4.09. The van der Waals surface area contributed by atoms with E-state index in [4.69, 9.17) is 4.74 Å². The molecule has 19 heavy (non-hydrogen) atoms. The quantitative estimate of drug-likeness (QED) is 0.892. The molecule has 2 aromatic rings. The molecule has 102 valence electrons. The third-order valence-corrected chi connectivity index (χ3v) is 4.09. The summed E-state index contributed by atoms with van der Waals surface area (Å²) in [6, 6.07) is 6.24. The van der Waals surface area contributed by atoms with Crippen molar-refractivity contribution in [2.75, 3.05) is 26.7 Å². The molecule has 0 atom stereocenters. The number of ether oxygens (including phenoxy) is 1. The fourth-order valence-corrected chi connectivity index (χ4v) is 2.99. The molecule has 3 nitrogen and oxygen atoms in total. The van der Waals surface area contributed by atoms with Crippen LogP contribution in [-0.2, 0) is 6.42 Å². The first-order valence-corrected chi connectivity index (χ1v) is 7.23. The zero-order chi connectivity index (χ0) is 13.1. The summed E-state index contributed by atoms with van der Waals surface area (Å²) in [6.45, 7) is 3.82. The highest BCUT2D eigenvalue weighted by Gasteiger charge is 2.11. The van der Waals surface area contributed by atoms with Gasteiger partial charge in [-0.05, 0) is 69.1 Å². The summed E-state index contributed by atoms with van der Waals surface area (Å²) in [7, 11) is 1.72. The first-order valence-electron chi connectivity index (χ1n) is 7.23. The second-order valence-electron chi connectivity index (χ2n) is 5.38. The molecule has 1 aliphatic rings. The molecule has 3 heteroatoms. The van der Waals surface area contributed by atoms with Gasteiger partial charge in [-0.15, -0.1) is 0 Å². The lowest BCUT2D eigenvalue weighted by Gasteiger charge is -2.13. The number of benzene rings is 1. The van der Waals surface area contributed by atoms with Gasteiger partial charge in [-0.25, -0.2) is 0 Å². The Bertz CT molecular complexity index is 541. The highest BCUT2D eigenvalue weighted by Crippen LogP contribution is 2.24. The molecule has 0 aliphatic carbocycles. The van der Waals surface area contributed by atoms with Crippen LogP contribution >= 0.6 is 0 Å². The van der Waals surface area contributed by atoms with Crippen molar-refractivity contribution in [3.63, 3.8) is 0 Å². The van der Waals surface area contributed by atoms with Crippen LogP contribution in [0.3, 0.4) is 0 Å². The van der Waals surface area contributed by atoms with E-state index in [0.717, 1.165) is 12.2 Å². The summed E-state index contributed by atoms with van der Waals surface area (Å²) < 4.78 is 5.31. The number of nitrogens with one attached hydrogen (secondary N) is 1. The van der Waals surface area contributed by atoms with Crippen molar-refractivity contribution in [1.29, 1.82) is 0 Å². The number of rotatable bonds is 5. The van der Waals surface area contributed by atoms with Gasteiger partial charge in [-0.1, -0.05) is 0 Å². The Hall–Kier alpha value is -1.48. The fourth-order valence-electron chi connectivity index (χ4n) is 2.99. The van der Waals surface area contributed by atoms with Crippen LogP contribution in [0.15, 0.2) is 24.4 Å². The molecule has 1 saturated heterocycles. The summed E-state index contributed by atoms with van der Waals surface area (Å²) in [5, 5.41) is 1.31. The van der Waals surface area contributed by atoms with Crippen LogP contribution in [0.2, 0.25) is 0 Å². The zero-order valence-corrected chi connectivity index (χ0v) is 11.6. The minimum atomic E-state index is 0.938. The van der Waals surface area contributed by atoms with Gasteiger partial charge in [0.05, 0.1) is 7.11 Å². The Kier molecular flexibility index (Phi) is 3.74. The number of aryl methyl sites for hydroxylation is 1. The van der Waals surface area contributed by atoms with Crippen LogP contribution in [0.25, 0.3) is 10.9 Å². The third kappa shape index (κ3) is 2.76. The van der Waals surface area contributed by atoms with Crippen LogP contribution in [0.5, 0.6) is 5.75 Å². The van der Waals surface area contributed by atoms with Crippen molar-refractivity contribution < 1.29 is 4.74 Å². The first-order chi connectivity index (χ1) is 9.36. The number of methoxy groups -OCH3 is 1. The van der Waals surface area contributed by atoms with E-state index >= 15 is 0 Å². The Balaban J connectivity index is 1.66. The lowest BCUT2D eigenvalue weighted by molar-refractivity contribution is 0.334. The molecule has 0 saturated carbocycles. The van der Waals surface area contributed by atoms with Crippen molar-refractivity contribution in [2.45, 2.75) is 25.7 Å². The Morgan fingerprint density at radius 2 is 2.11 bits per heavy atom. The van der Waals surface area contributed by atoms with Crippen LogP contribution in [0.4, 0.5) is 0 Å². The largest absolute Gasteiger partial charge is 0.497 e. The number of hydrogen-bond donors (Lipinski definition) is 1. The fraction of sp³-hybridized carbons (Fsp3) is 0.500. The molecule has 2 heterocycles. The maximum Gasteiger partial charge on any atom is 0.119 e. The summed E-state index contributed by atoms with van der Waals surface area (Å²) in [5.41, 5.74) is 2.62. The van der Waals surface area contributed by atoms with Gasteiger partial charge in [0.2, 0.25) is 0 Å². The van der Waals surface area contributed by atoms with E-state index in [0.29, 0.717) is 0 Å². The number of fused-ring (bicyclic) bond motifs is 1. The number of hydrogen-bond acceptors (Lipinski definition) is 2. The van der Waals surface area contributed by atoms with Gasteiger partial charge >= 0.3 is 0 Å². The highest BCUT2D eigenvalue weighted by atomic mass is 16.5. The van der Waals surface area contributed by atoms with Crippen LogP contribution < -0.4 is 4.74 Å². The highest BCUT2D eigenvalue weighted by molar-refractivity contribution is 5.84. The van der Waals surface area contributed by atoms with Gasteiger partial charge in [0.25, 0.3) is 0 Å². The number of aromatic nitrogens is 1. The molecular formula is C16H22N2O. The van der Waals surface area contributed by atoms with Crippen molar-refractivity contribution >= 4 is 10.9 Å². The Morgan fingerprint density at radius 1 is 1.26 bits per heavy atom. The molecule has 0 bridgehead atoms. The monoisotopic (exact) mass is 258 g/mol. The summed E-state index contributed by atoms with van der Waals surface area (Å²) in [6.07, 6.45) is 7.29. The zero-order valence-electron chi connectivity index (χ0n) is 11.6. The lowest BCUT2D eigenvalue weighted by Crippen LogP contribution is -2.20. The van der Waals surface area contributed by atoms with E-state index in [9.17, 15) is 0 Å². The van der Waals surface area contributed by atoms with E-state index in [1.165, 1.54) is 55.4 Å². The minimum Gasteiger partial charge on any atom is -0.497 e. The number of likely N-dealkylation sites (tertiary alicyclic amines) is 1. The van der Waals surface area contributed by atoms with Gasteiger partial charge in [-0.2, -0.15) is 0 Å². The molecule has 1 aromatic carbocycles.